The average molecular weight is 364 g/mol. The van der Waals surface area contributed by atoms with Crippen molar-refractivity contribution in [2.45, 2.75) is 63.8 Å². The maximum atomic E-state index is 12.1. The quantitative estimate of drug-likeness (QED) is 0.805. The number of aryl methyl sites for hydroxylation is 2. The van der Waals surface area contributed by atoms with Gasteiger partial charge in [-0.25, -0.2) is 9.59 Å². The van der Waals surface area contributed by atoms with E-state index in [1.165, 1.54) is 28.2 Å². The van der Waals surface area contributed by atoms with Crippen molar-refractivity contribution in [3.8, 4) is 0 Å². The standard InChI is InChI=1S/C18H24N2O4S/c21-16(20-18(23)19-13-7-2-1-3-8-13)11-24-17(22)15-10-12-6-4-5-9-14(12)25-15/h10,13H,1-9,11H2,(H2,19,20,21,23). The Morgan fingerprint density at radius 1 is 1.08 bits per heavy atom. The Bertz CT molecular complexity index is 626. The fourth-order valence-corrected chi connectivity index (χ4v) is 4.57. The minimum Gasteiger partial charge on any atom is -0.451 e. The van der Waals surface area contributed by atoms with Crippen molar-refractivity contribution in [1.29, 1.82) is 0 Å². The molecule has 1 fully saturated rings. The van der Waals surface area contributed by atoms with Crippen LogP contribution in [0, 0.1) is 0 Å². The molecule has 7 heteroatoms. The first-order valence-electron chi connectivity index (χ1n) is 9.01. The minimum atomic E-state index is -0.608. The van der Waals surface area contributed by atoms with Crippen LogP contribution in [-0.4, -0.2) is 30.6 Å². The van der Waals surface area contributed by atoms with E-state index in [9.17, 15) is 14.4 Å². The van der Waals surface area contributed by atoms with Crippen LogP contribution in [0.15, 0.2) is 6.07 Å². The molecule has 0 bridgehead atoms. The highest BCUT2D eigenvalue weighted by Crippen LogP contribution is 2.29. The van der Waals surface area contributed by atoms with Crippen LogP contribution >= 0.6 is 11.3 Å². The molecule has 2 N–H and O–H groups in total. The van der Waals surface area contributed by atoms with Crippen LogP contribution in [0.4, 0.5) is 4.79 Å². The first kappa shape index (κ1) is 17.9. The van der Waals surface area contributed by atoms with Crippen LogP contribution in [0.3, 0.4) is 0 Å². The Morgan fingerprint density at radius 2 is 1.84 bits per heavy atom. The third-order valence-corrected chi connectivity index (χ3v) is 5.94. The highest BCUT2D eigenvalue weighted by molar-refractivity contribution is 7.14. The molecule has 1 saturated carbocycles. The number of ether oxygens (including phenoxy) is 1. The van der Waals surface area contributed by atoms with Gasteiger partial charge in [0.05, 0.1) is 0 Å². The lowest BCUT2D eigenvalue weighted by atomic mass is 9.96. The van der Waals surface area contributed by atoms with Gasteiger partial charge >= 0.3 is 12.0 Å². The lowest BCUT2D eigenvalue weighted by Gasteiger charge is -2.22. The van der Waals surface area contributed by atoms with E-state index in [0.717, 1.165) is 51.4 Å². The molecular formula is C18H24N2O4S. The van der Waals surface area contributed by atoms with E-state index in [4.69, 9.17) is 4.74 Å². The molecule has 1 heterocycles. The Kier molecular flexibility index (Phi) is 6.07. The van der Waals surface area contributed by atoms with Crippen LogP contribution in [-0.2, 0) is 22.4 Å². The van der Waals surface area contributed by atoms with Crippen LogP contribution in [0.5, 0.6) is 0 Å². The van der Waals surface area contributed by atoms with Gasteiger partial charge in [0.25, 0.3) is 5.91 Å². The monoisotopic (exact) mass is 364 g/mol. The Morgan fingerprint density at radius 3 is 2.60 bits per heavy atom. The van der Waals surface area contributed by atoms with Gasteiger partial charge in [-0.05, 0) is 50.2 Å². The summed E-state index contributed by atoms with van der Waals surface area (Å²) in [7, 11) is 0. The molecule has 0 saturated heterocycles. The number of fused-ring (bicyclic) bond motifs is 1. The maximum Gasteiger partial charge on any atom is 0.348 e. The van der Waals surface area contributed by atoms with Gasteiger partial charge in [0.2, 0.25) is 0 Å². The van der Waals surface area contributed by atoms with Crippen LogP contribution in [0.25, 0.3) is 0 Å². The first-order valence-corrected chi connectivity index (χ1v) is 9.82. The summed E-state index contributed by atoms with van der Waals surface area (Å²) in [6.07, 6.45) is 9.59. The van der Waals surface area contributed by atoms with Gasteiger partial charge in [-0.3, -0.25) is 10.1 Å². The highest BCUT2D eigenvalue weighted by Gasteiger charge is 2.20. The van der Waals surface area contributed by atoms with Crippen LogP contribution in [0.2, 0.25) is 0 Å². The molecule has 1 aromatic rings. The van der Waals surface area contributed by atoms with Crippen LogP contribution < -0.4 is 10.6 Å². The van der Waals surface area contributed by atoms with Crippen molar-refractivity contribution in [2.75, 3.05) is 6.61 Å². The number of hydrogen-bond acceptors (Lipinski definition) is 5. The number of hydrogen-bond donors (Lipinski definition) is 2. The molecule has 0 aromatic carbocycles. The molecule has 0 unspecified atom stereocenters. The lowest BCUT2D eigenvalue weighted by molar-refractivity contribution is -0.123. The number of carbonyl (C=O) groups is 3. The van der Waals surface area contributed by atoms with Gasteiger partial charge in [0.15, 0.2) is 6.61 Å². The van der Waals surface area contributed by atoms with Gasteiger partial charge in [-0.1, -0.05) is 19.3 Å². The summed E-state index contributed by atoms with van der Waals surface area (Å²) < 4.78 is 5.04. The van der Waals surface area contributed by atoms with Crippen molar-refractivity contribution in [2.24, 2.45) is 0 Å². The molecule has 25 heavy (non-hydrogen) atoms. The summed E-state index contributed by atoms with van der Waals surface area (Å²) >= 11 is 1.45. The summed E-state index contributed by atoms with van der Waals surface area (Å²) in [6.45, 7) is -0.445. The van der Waals surface area contributed by atoms with Gasteiger partial charge < -0.3 is 10.1 Å². The number of carbonyl (C=O) groups excluding carboxylic acids is 3. The molecule has 0 aliphatic heterocycles. The molecule has 6 nitrogen and oxygen atoms in total. The third kappa shape index (κ3) is 5.04. The van der Waals surface area contributed by atoms with Crippen molar-refractivity contribution in [3.05, 3.63) is 21.4 Å². The fraction of sp³-hybridized carbons (Fsp3) is 0.611. The van der Waals surface area contributed by atoms with E-state index in [1.54, 1.807) is 0 Å². The second kappa shape index (κ2) is 8.47. The second-order valence-corrected chi connectivity index (χ2v) is 7.84. The Hall–Kier alpha value is -1.89. The van der Waals surface area contributed by atoms with E-state index in [0.29, 0.717) is 4.88 Å². The zero-order valence-electron chi connectivity index (χ0n) is 14.3. The molecule has 2 aliphatic carbocycles. The zero-order chi connectivity index (χ0) is 17.6. The van der Waals surface area contributed by atoms with Crippen molar-refractivity contribution < 1.29 is 19.1 Å². The number of thiophene rings is 1. The number of rotatable bonds is 4. The fourth-order valence-electron chi connectivity index (χ4n) is 3.42. The number of esters is 1. The van der Waals surface area contributed by atoms with E-state index in [2.05, 4.69) is 10.6 Å². The summed E-state index contributed by atoms with van der Waals surface area (Å²) in [5, 5.41) is 5.01. The Labute approximate surface area is 151 Å². The SMILES string of the molecule is O=C(COC(=O)c1cc2c(s1)CCCC2)NC(=O)NC1CCCCC1. The number of nitrogens with one attached hydrogen (secondary N) is 2. The molecule has 0 radical (unpaired) electrons. The zero-order valence-corrected chi connectivity index (χ0v) is 15.1. The van der Waals surface area contributed by atoms with E-state index in [-0.39, 0.29) is 6.04 Å². The van der Waals surface area contributed by atoms with Crippen molar-refractivity contribution >= 4 is 29.2 Å². The summed E-state index contributed by atoms with van der Waals surface area (Å²) in [6, 6.07) is 1.48. The molecule has 0 atom stereocenters. The van der Waals surface area contributed by atoms with Gasteiger partial charge in [0, 0.05) is 10.9 Å². The molecule has 1 aromatic heterocycles. The molecule has 2 aliphatic rings. The largest absolute Gasteiger partial charge is 0.451 e. The first-order chi connectivity index (χ1) is 12.1. The molecule has 3 amide bonds. The van der Waals surface area contributed by atoms with Crippen molar-refractivity contribution in [3.63, 3.8) is 0 Å². The summed E-state index contributed by atoms with van der Waals surface area (Å²) in [5.41, 5.74) is 1.22. The number of imide groups is 1. The van der Waals surface area contributed by atoms with Crippen LogP contribution in [0.1, 0.15) is 65.1 Å². The molecule has 3 rings (SSSR count). The van der Waals surface area contributed by atoms with E-state index >= 15 is 0 Å². The molecular weight excluding hydrogens is 340 g/mol. The smallest absolute Gasteiger partial charge is 0.348 e. The summed E-state index contributed by atoms with van der Waals surface area (Å²) in [4.78, 5) is 37.4. The number of amides is 3. The second-order valence-electron chi connectivity index (χ2n) is 6.70. The predicted molar refractivity (Wildman–Crippen MR) is 94.8 cm³/mol. The van der Waals surface area contributed by atoms with Gasteiger partial charge in [0.1, 0.15) is 4.88 Å². The normalized spacial score (nSPS) is 17.4. The van der Waals surface area contributed by atoms with E-state index in [1.807, 2.05) is 6.07 Å². The predicted octanol–water partition coefficient (Wildman–Crippen LogP) is 2.94. The van der Waals surface area contributed by atoms with Crippen molar-refractivity contribution in [1.82, 2.24) is 10.6 Å². The number of urea groups is 1. The minimum absolute atomic E-state index is 0.126. The Balaban J connectivity index is 1.41. The van der Waals surface area contributed by atoms with E-state index < -0.39 is 24.5 Å². The maximum absolute atomic E-state index is 12.1. The molecule has 0 spiro atoms. The highest BCUT2D eigenvalue weighted by atomic mass is 32.1. The third-order valence-electron chi connectivity index (χ3n) is 4.73. The average Bonchev–Trinajstić information content (AvgIpc) is 3.04. The van der Waals surface area contributed by atoms with Gasteiger partial charge in [-0.15, -0.1) is 11.3 Å². The molecule has 136 valence electrons. The topological polar surface area (TPSA) is 84.5 Å². The van der Waals surface area contributed by atoms with Gasteiger partial charge in [-0.2, -0.15) is 0 Å². The summed E-state index contributed by atoms with van der Waals surface area (Å²) in [5.74, 6) is -1.11. The lowest BCUT2D eigenvalue weighted by Crippen LogP contribution is -2.46.